The number of hydrogen-bond acceptors (Lipinski definition) is 6. The van der Waals surface area contributed by atoms with E-state index in [-0.39, 0.29) is 30.4 Å². The van der Waals surface area contributed by atoms with Crippen LogP contribution >= 0.6 is 0 Å². The molecule has 3 aromatic rings. The van der Waals surface area contributed by atoms with Crippen molar-refractivity contribution in [3.8, 4) is 11.5 Å². The van der Waals surface area contributed by atoms with Crippen LogP contribution in [0.15, 0.2) is 77.7 Å². The molecule has 0 bridgehead atoms. The molecule has 9 nitrogen and oxygen atoms in total. The fourth-order valence-corrected chi connectivity index (χ4v) is 6.03. The Kier molecular flexibility index (Phi) is 9.44. The van der Waals surface area contributed by atoms with Crippen LogP contribution in [-0.4, -0.2) is 63.4 Å². The number of hydrogen-bond donors (Lipinski definition) is 1. The monoisotopic (exact) mass is 565 g/mol. The molecule has 1 heterocycles. The van der Waals surface area contributed by atoms with E-state index in [1.165, 1.54) is 11.0 Å². The van der Waals surface area contributed by atoms with E-state index in [2.05, 4.69) is 5.32 Å². The van der Waals surface area contributed by atoms with Crippen LogP contribution in [0.2, 0.25) is 0 Å². The van der Waals surface area contributed by atoms with Gasteiger partial charge in [-0.1, -0.05) is 49.4 Å². The summed E-state index contributed by atoms with van der Waals surface area (Å²) in [7, 11) is -3.96. The van der Waals surface area contributed by atoms with Crippen molar-refractivity contribution in [2.24, 2.45) is 0 Å². The number of likely N-dealkylation sites (N-methyl/N-ethyl adjacent to an activating group) is 1. The normalized spacial score (nSPS) is 14.8. The maximum absolute atomic E-state index is 13.6. The van der Waals surface area contributed by atoms with Crippen LogP contribution in [0, 0.1) is 6.92 Å². The summed E-state index contributed by atoms with van der Waals surface area (Å²) in [5.74, 6) is 0.205. The highest BCUT2D eigenvalue weighted by molar-refractivity contribution is 7.89. The molecular weight excluding hydrogens is 530 g/mol. The standard InChI is InChI=1S/C30H35N3O6S/c1-4-32(40(36,37)24-15-16-26(38-5-2)22(3)19-24)21-29(34)33-20-28(39-27-14-10-9-13-25(27)33)30(35)31-18-17-23-11-7-6-8-12-23/h6-16,19,28H,4-5,17-18,20-21H2,1-3H3,(H,31,35). The minimum atomic E-state index is -3.96. The van der Waals surface area contributed by atoms with Crippen molar-refractivity contribution < 1.29 is 27.5 Å². The second-order valence-corrected chi connectivity index (χ2v) is 11.3. The molecule has 0 fully saturated rings. The van der Waals surface area contributed by atoms with E-state index >= 15 is 0 Å². The summed E-state index contributed by atoms with van der Waals surface area (Å²) in [6, 6.07) is 21.4. The molecule has 0 aromatic heterocycles. The highest BCUT2D eigenvalue weighted by atomic mass is 32.2. The Hall–Kier alpha value is -3.89. The Morgan fingerprint density at radius 1 is 1.05 bits per heavy atom. The van der Waals surface area contributed by atoms with Gasteiger partial charge in [0, 0.05) is 13.1 Å². The summed E-state index contributed by atoms with van der Waals surface area (Å²) in [6.45, 7) is 5.88. The number of aryl methyl sites for hydroxylation is 1. The summed E-state index contributed by atoms with van der Waals surface area (Å²) in [5, 5.41) is 2.89. The fraction of sp³-hybridized carbons (Fsp3) is 0.333. The smallest absolute Gasteiger partial charge is 0.262 e. The lowest BCUT2D eigenvalue weighted by Crippen LogP contribution is -2.53. The van der Waals surface area contributed by atoms with Crippen molar-refractivity contribution >= 4 is 27.5 Å². The van der Waals surface area contributed by atoms with Gasteiger partial charge in [0.25, 0.3) is 5.91 Å². The maximum Gasteiger partial charge on any atom is 0.262 e. The van der Waals surface area contributed by atoms with Crippen molar-refractivity contribution in [3.05, 3.63) is 83.9 Å². The third-order valence-electron chi connectivity index (χ3n) is 6.67. The Balaban J connectivity index is 1.48. The molecule has 3 aromatic carbocycles. The first-order chi connectivity index (χ1) is 19.2. The summed E-state index contributed by atoms with van der Waals surface area (Å²) < 4.78 is 39.6. The molecule has 1 aliphatic heterocycles. The van der Waals surface area contributed by atoms with E-state index in [9.17, 15) is 18.0 Å². The number of para-hydroxylation sites is 2. The fourth-order valence-electron chi connectivity index (χ4n) is 4.55. The lowest BCUT2D eigenvalue weighted by Gasteiger charge is -2.35. The molecule has 212 valence electrons. The molecule has 1 unspecified atom stereocenters. The molecule has 2 amide bonds. The van der Waals surface area contributed by atoms with Gasteiger partial charge in [-0.15, -0.1) is 0 Å². The van der Waals surface area contributed by atoms with Crippen molar-refractivity contribution in [1.82, 2.24) is 9.62 Å². The zero-order valence-corrected chi connectivity index (χ0v) is 23.8. The Morgan fingerprint density at radius 3 is 2.48 bits per heavy atom. The van der Waals surface area contributed by atoms with Crippen molar-refractivity contribution in [3.63, 3.8) is 0 Å². The zero-order valence-electron chi connectivity index (χ0n) is 23.0. The van der Waals surface area contributed by atoms with Crippen LogP contribution in [0.5, 0.6) is 11.5 Å². The summed E-state index contributed by atoms with van der Waals surface area (Å²) in [4.78, 5) is 28.1. The molecule has 10 heteroatoms. The molecule has 40 heavy (non-hydrogen) atoms. The maximum atomic E-state index is 13.6. The second-order valence-electron chi connectivity index (χ2n) is 9.40. The van der Waals surface area contributed by atoms with Gasteiger partial charge in [-0.05, 0) is 61.7 Å². The zero-order chi connectivity index (χ0) is 28.7. The van der Waals surface area contributed by atoms with Gasteiger partial charge in [0.05, 0.1) is 30.3 Å². The minimum absolute atomic E-state index is 0.0349. The highest BCUT2D eigenvalue weighted by Crippen LogP contribution is 2.33. The van der Waals surface area contributed by atoms with Crippen molar-refractivity contribution in [1.29, 1.82) is 0 Å². The van der Waals surface area contributed by atoms with Crippen molar-refractivity contribution in [2.75, 3.05) is 37.7 Å². The number of amides is 2. The summed E-state index contributed by atoms with van der Waals surface area (Å²) in [5.41, 5.74) is 2.28. The number of sulfonamides is 1. The van der Waals surface area contributed by atoms with E-state index < -0.39 is 22.0 Å². The SMILES string of the molecule is CCOc1ccc(S(=O)(=O)N(CC)CC(=O)N2CC(C(=O)NCCc3ccccc3)Oc3ccccc32)cc1C. The highest BCUT2D eigenvalue weighted by Gasteiger charge is 2.35. The first-order valence-electron chi connectivity index (χ1n) is 13.4. The van der Waals surface area contributed by atoms with Crippen LogP contribution in [0.3, 0.4) is 0 Å². The van der Waals surface area contributed by atoms with Crippen LogP contribution in [0.1, 0.15) is 25.0 Å². The third kappa shape index (κ3) is 6.63. The molecule has 1 aliphatic rings. The van der Waals surface area contributed by atoms with Gasteiger partial charge in [0.2, 0.25) is 15.9 Å². The van der Waals surface area contributed by atoms with E-state index in [1.807, 2.05) is 37.3 Å². The average Bonchev–Trinajstić information content (AvgIpc) is 2.96. The molecule has 0 saturated carbocycles. The van der Waals surface area contributed by atoms with Crippen LogP contribution in [-0.2, 0) is 26.0 Å². The topological polar surface area (TPSA) is 105 Å². The molecular formula is C30H35N3O6S. The largest absolute Gasteiger partial charge is 0.494 e. The van der Waals surface area contributed by atoms with Gasteiger partial charge < -0.3 is 19.7 Å². The molecule has 1 atom stereocenters. The predicted molar refractivity (Wildman–Crippen MR) is 153 cm³/mol. The van der Waals surface area contributed by atoms with Gasteiger partial charge in [-0.3, -0.25) is 9.59 Å². The van der Waals surface area contributed by atoms with Gasteiger partial charge in [0.15, 0.2) is 6.10 Å². The number of rotatable bonds is 11. The van der Waals surface area contributed by atoms with Crippen LogP contribution < -0.4 is 19.7 Å². The van der Waals surface area contributed by atoms with Gasteiger partial charge in [-0.25, -0.2) is 8.42 Å². The molecule has 0 spiro atoms. The van der Waals surface area contributed by atoms with Gasteiger partial charge in [0.1, 0.15) is 11.5 Å². The molecule has 4 rings (SSSR count). The number of fused-ring (bicyclic) bond motifs is 1. The molecule has 0 radical (unpaired) electrons. The molecule has 0 aliphatic carbocycles. The van der Waals surface area contributed by atoms with E-state index in [0.29, 0.717) is 42.3 Å². The number of carbonyl (C=O) groups excluding carboxylic acids is 2. The Labute approximate surface area is 235 Å². The Morgan fingerprint density at radius 2 is 1.77 bits per heavy atom. The quantitative estimate of drug-likeness (QED) is 0.381. The minimum Gasteiger partial charge on any atom is -0.494 e. The third-order valence-corrected chi connectivity index (χ3v) is 8.59. The number of carbonyl (C=O) groups is 2. The van der Waals surface area contributed by atoms with E-state index in [0.717, 1.165) is 9.87 Å². The van der Waals surface area contributed by atoms with Crippen LogP contribution in [0.25, 0.3) is 0 Å². The number of nitrogens with one attached hydrogen (secondary N) is 1. The Bertz CT molecular complexity index is 1440. The van der Waals surface area contributed by atoms with Gasteiger partial charge in [-0.2, -0.15) is 4.31 Å². The summed E-state index contributed by atoms with van der Waals surface area (Å²) in [6.07, 6.45) is -0.276. The number of benzene rings is 3. The molecule has 1 N–H and O–H groups in total. The first kappa shape index (κ1) is 29.1. The number of nitrogens with zero attached hydrogens (tertiary/aromatic N) is 2. The lowest BCUT2D eigenvalue weighted by atomic mass is 10.1. The van der Waals surface area contributed by atoms with E-state index in [4.69, 9.17) is 9.47 Å². The van der Waals surface area contributed by atoms with Crippen molar-refractivity contribution in [2.45, 2.75) is 38.2 Å². The predicted octanol–water partition coefficient (Wildman–Crippen LogP) is 3.56. The summed E-state index contributed by atoms with van der Waals surface area (Å²) >= 11 is 0. The van der Waals surface area contributed by atoms with Gasteiger partial charge >= 0.3 is 0 Å². The number of ether oxygens (including phenoxy) is 2. The molecule has 0 saturated heterocycles. The number of anilines is 1. The second kappa shape index (κ2) is 13.0. The van der Waals surface area contributed by atoms with E-state index in [1.54, 1.807) is 50.2 Å². The van der Waals surface area contributed by atoms with Crippen LogP contribution in [0.4, 0.5) is 5.69 Å². The first-order valence-corrected chi connectivity index (χ1v) is 14.8. The lowest BCUT2D eigenvalue weighted by molar-refractivity contribution is -0.128. The average molecular weight is 566 g/mol.